The highest BCUT2D eigenvalue weighted by molar-refractivity contribution is 7.92. The molecular weight excluding hydrogens is 317 g/mol. The van der Waals surface area contributed by atoms with E-state index in [0.29, 0.717) is 5.69 Å². The molecule has 2 aromatic carbocycles. The zero-order chi connectivity index (χ0) is 17.2. The van der Waals surface area contributed by atoms with Gasteiger partial charge in [-0.3, -0.25) is 4.31 Å². The molecule has 0 aliphatic carbocycles. The second kappa shape index (κ2) is 6.58. The standard InChI is InChI=1S/C17H20FNO3S/c1-5-19(14-7-6-12(2)13(3)10-14)23(20,21)15-8-9-17(22-4)16(18)11-15/h6-11H,5H2,1-4H3. The first kappa shape index (κ1) is 17.3. The quantitative estimate of drug-likeness (QED) is 0.836. The normalized spacial score (nSPS) is 11.3. The van der Waals surface area contributed by atoms with Gasteiger partial charge in [-0.1, -0.05) is 6.07 Å². The van der Waals surface area contributed by atoms with Crippen LogP contribution in [0.25, 0.3) is 0 Å². The number of halogens is 1. The summed E-state index contributed by atoms with van der Waals surface area (Å²) in [5.74, 6) is -0.692. The van der Waals surface area contributed by atoms with Gasteiger partial charge in [-0.15, -0.1) is 0 Å². The molecule has 23 heavy (non-hydrogen) atoms. The van der Waals surface area contributed by atoms with Gasteiger partial charge < -0.3 is 4.74 Å². The Bertz CT molecular complexity index is 819. The van der Waals surface area contributed by atoms with E-state index >= 15 is 0 Å². The summed E-state index contributed by atoms with van der Waals surface area (Å²) in [7, 11) is -2.51. The highest BCUT2D eigenvalue weighted by Gasteiger charge is 2.25. The highest BCUT2D eigenvalue weighted by Crippen LogP contribution is 2.27. The summed E-state index contributed by atoms with van der Waals surface area (Å²) >= 11 is 0. The first-order chi connectivity index (χ1) is 10.8. The first-order valence-corrected chi connectivity index (χ1v) is 8.68. The fraction of sp³-hybridized carbons (Fsp3) is 0.294. The van der Waals surface area contributed by atoms with E-state index in [2.05, 4.69) is 0 Å². The Morgan fingerprint density at radius 1 is 1.09 bits per heavy atom. The van der Waals surface area contributed by atoms with E-state index in [1.54, 1.807) is 13.0 Å². The summed E-state index contributed by atoms with van der Waals surface area (Å²) < 4.78 is 45.6. The van der Waals surface area contributed by atoms with Gasteiger partial charge in [0.05, 0.1) is 17.7 Å². The van der Waals surface area contributed by atoms with Gasteiger partial charge in [0.25, 0.3) is 10.0 Å². The highest BCUT2D eigenvalue weighted by atomic mass is 32.2. The predicted molar refractivity (Wildman–Crippen MR) is 89.1 cm³/mol. The SMILES string of the molecule is CCN(c1ccc(C)c(C)c1)S(=O)(=O)c1ccc(OC)c(F)c1. The number of sulfonamides is 1. The second-order valence-electron chi connectivity index (χ2n) is 5.23. The molecule has 4 nitrogen and oxygen atoms in total. The predicted octanol–water partition coefficient (Wildman–Crippen LogP) is 3.67. The Morgan fingerprint density at radius 2 is 1.78 bits per heavy atom. The van der Waals surface area contributed by atoms with Crippen molar-refractivity contribution in [1.82, 2.24) is 0 Å². The Hall–Kier alpha value is -2.08. The first-order valence-electron chi connectivity index (χ1n) is 7.24. The largest absolute Gasteiger partial charge is 0.494 e. The summed E-state index contributed by atoms with van der Waals surface area (Å²) in [6, 6.07) is 9.09. The van der Waals surface area contributed by atoms with Crippen molar-refractivity contribution in [2.45, 2.75) is 25.7 Å². The maximum Gasteiger partial charge on any atom is 0.264 e. The number of hydrogen-bond donors (Lipinski definition) is 0. The molecule has 0 N–H and O–H groups in total. The molecular formula is C17H20FNO3S. The van der Waals surface area contributed by atoms with Crippen molar-refractivity contribution in [3.63, 3.8) is 0 Å². The fourth-order valence-electron chi connectivity index (χ4n) is 2.31. The minimum absolute atomic E-state index is 0.0122. The third-order valence-electron chi connectivity index (χ3n) is 3.78. The number of rotatable bonds is 5. The van der Waals surface area contributed by atoms with Crippen LogP contribution in [0.1, 0.15) is 18.1 Å². The van der Waals surface area contributed by atoms with E-state index < -0.39 is 15.8 Å². The fourth-order valence-corrected chi connectivity index (χ4v) is 3.78. The molecule has 0 amide bonds. The lowest BCUT2D eigenvalue weighted by atomic mass is 10.1. The number of anilines is 1. The maximum absolute atomic E-state index is 13.9. The van der Waals surface area contributed by atoms with Crippen molar-refractivity contribution in [2.24, 2.45) is 0 Å². The van der Waals surface area contributed by atoms with E-state index in [0.717, 1.165) is 17.2 Å². The summed E-state index contributed by atoms with van der Waals surface area (Å²) in [6.45, 7) is 5.88. The number of methoxy groups -OCH3 is 1. The summed E-state index contributed by atoms with van der Waals surface area (Å²) in [6.07, 6.45) is 0. The lowest BCUT2D eigenvalue weighted by Crippen LogP contribution is -2.31. The monoisotopic (exact) mass is 337 g/mol. The zero-order valence-corrected chi connectivity index (χ0v) is 14.4. The van der Waals surface area contributed by atoms with Gasteiger partial charge in [0.2, 0.25) is 0 Å². The number of benzene rings is 2. The minimum Gasteiger partial charge on any atom is -0.494 e. The molecule has 0 bridgehead atoms. The molecule has 2 aromatic rings. The smallest absolute Gasteiger partial charge is 0.264 e. The summed E-state index contributed by atoms with van der Waals surface area (Å²) in [5, 5.41) is 0. The molecule has 2 rings (SSSR count). The lowest BCUT2D eigenvalue weighted by molar-refractivity contribution is 0.385. The molecule has 0 unspecified atom stereocenters. The molecule has 0 aromatic heterocycles. The van der Waals surface area contributed by atoms with Crippen LogP contribution < -0.4 is 9.04 Å². The van der Waals surface area contributed by atoms with Crippen LogP contribution in [-0.2, 0) is 10.0 Å². The molecule has 0 aliphatic heterocycles. The number of aryl methyl sites for hydroxylation is 2. The number of ether oxygens (including phenoxy) is 1. The van der Waals surface area contributed by atoms with Crippen LogP contribution in [-0.4, -0.2) is 22.1 Å². The van der Waals surface area contributed by atoms with Crippen molar-refractivity contribution >= 4 is 15.7 Å². The van der Waals surface area contributed by atoms with Gasteiger partial charge in [-0.05, 0) is 62.2 Å². The Kier molecular flexibility index (Phi) is 4.94. The van der Waals surface area contributed by atoms with E-state index in [1.165, 1.54) is 23.5 Å². The molecule has 6 heteroatoms. The molecule has 0 aliphatic rings. The van der Waals surface area contributed by atoms with E-state index in [4.69, 9.17) is 4.74 Å². The van der Waals surface area contributed by atoms with Crippen molar-refractivity contribution in [1.29, 1.82) is 0 Å². The molecule has 0 fully saturated rings. The van der Waals surface area contributed by atoms with Crippen LogP contribution in [0, 0.1) is 19.7 Å². The Labute approximate surface area is 136 Å². The van der Waals surface area contributed by atoms with E-state index in [-0.39, 0.29) is 17.2 Å². The van der Waals surface area contributed by atoms with E-state index in [1.807, 2.05) is 26.0 Å². The average Bonchev–Trinajstić information content (AvgIpc) is 2.51. The lowest BCUT2D eigenvalue weighted by Gasteiger charge is -2.24. The van der Waals surface area contributed by atoms with Gasteiger partial charge >= 0.3 is 0 Å². The van der Waals surface area contributed by atoms with Crippen molar-refractivity contribution < 1.29 is 17.5 Å². The molecule has 0 heterocycles. The molecule has 0 saturated heterocycles. The summed E-state index contributed by atoms with van der Waals surface area (Å²) in [4.78, 5) is -0.101. The van der Waals surface area contributed by atoms with Crippen molar-refractivity contribution in [3.8, 4) is 5.75 Å². The van der Waals surface area contributed by atoms with Gasteiger partial charge in [0, 0.05) is 6.54 Å². The van der Waals surface area contributed by atoms with Crippen molar-refractivity contribution in [2.75, 3.05) is 18.0 Å². The molecule has 0 radical (unpaired) electrons. The van der Waals surface area contributed by atoms with Crippen LogP contribution in [0.5, 0.6) is 5.75 Å². The zero-order valence-electron chi connectivity index (χ0n) is 13.6. The van der Waals surface area contributed by atoms with Gasteiger partial charge in [-0.25, -0.2) is 12.8 Å². The van der Waals surface area contributed by atoms with Gasteiger partial charge in [0.15, 0.2) is 11.6 Å². The molecule has 0 saturated carbocycles. The van der Waals surface area contributed by atoms with Gasteiger partial charge in [0.1, 0.15) is 0 Å². The van der Waals surface area contributed by atoms with Crippen LogP contribution in [0.15, 0.2) is 41.3 Å². The number of nitrogens with zero attached hydrogens (tertiary/aromatic N) is 1. The van der Waals surface area contributed by atoms with Crippen LogP contribution in [0.3, 0.4) is 0 Å². The summed E-state index contributed by atoms with van der Waals surface area (Å²) in [5.41, 5.74) is 2.64. The third kappa shape index (κ3) is 3.32. The van der Waals surface area contributed by atoms with Crippen molar-refractivity contribution in [3.05, 3.63) is 53.3 Å². The second-order valence-corrected chi connectivity index (χ2v) is 7.10. The Morgan fingerprint density at radius 3 is 2.30 bits per heavy atom. The topological polar surface area (TPSA) is 46.6 Å². The van der Waals surface area contributed by atoms with Crippen LogP contribution in [0.4, 0.5) is 10.1 Å². The molecule has 0 atom stereocenters. The maximum atomic E-state index is 13.9. The van der Waals surface area contributed by atoms with Crippen LogP contribution >= 0.6 is 0 Å². The average molecular weight is 337 g/mol. The Balaban J connectivity index is 2.50. The van der Waals surface area contributed by atoms with E-state index in [9.17, 15) is 12.8 Å². The molecule has 0 spiro atoms. The van der Waals surface area contributed by atoms with Crippen LogP contribution in [0.2, 0.25) is 0 Å². The third-order valence-corrected chi connectivity index (χ3v) is 5.68. The van der Waals surface area contributed by atoms with Gasteiger partial charge in [-0.2, -0.15) is 0 Å². The number of hydrogen-bond acceptors (Lipinski definition) is 3. The minimum atomic E-state index is -3.84. The molecule has 124 valence electrons.